The largest absolute Gasteiger partial charge is 2.00 e. The summed E-state index contributed by atoms with van der Waals surface area (Å²) >= 11 is 0. The molecule has 1 aromatic carbocycles. The fourth-order valence-corrected chi connectivity index (χ4v) is 1.97. The Balaban J connectivity index is 0.000000514. The number of amides is 2. The number of hydrogen-bond acceptors (Lipinski definition) is 6. The summed E-state index contributed by atoms with van der Waals surface area (Å²) in [6.07, 6.45) is 4.68. The Morgan fingerprint density at radius 2 is 1.66 bits per heavy atom. The Morgan fingerprint density at radius 1 is 1.07 bits per heavy atom. The van der Waals surface area contributed by atoms with Crippen LogP contribution in [0.5, 0.6) is 11.5 Å². The van der Waals surface area contributed by atoms with E-state index in [4.69, 9.17) is 10.5 Å². The van der Waals surface area contributed by atoms with E-state index in [0.29, 0.717) is 0 Å². The second kappa shape index (κ2) is 13.6. The van der Waals surface area contributed by atoms with Crippen molar-refractivity contribution >= 4 is 12.2 Å². The zero-order chi connectivity index (χ0) is 19.5. The number of nitrogens with zero attached hydrogens (tertiary/aromatic N) is 4. The van der Waals surface area contributed by atoms with Gasteiger partial charge in [-0.05, 0) is 35.9 Å². The molecule has 0 aliphatic heterocycles. The van der Waals surface area contributed by atoms with Gasteiger partial charge in [0.05, 0.1) is 18.5 Å². The average molecular weight is 440 g/mol. The molecule has 2 heterocycles. The predicted octanol–water partition coefficient (Wildman–Crippen LogP) is 1.87. The van der Waals surface area contributed by atoms with E-state index in [2.05, 4.69) is 20.5 Å². The van der Waals surface area contributed by atoms with E-state index in [1.54, 1.807) is 18.5 Å². The van der Waals surface area contributed by atoms with Crippen LogP contribution in [-0.4, -0.2) is 34.8 Å². The van der Waals surface area contributed by atoms with E-state index in [0.717, 1.165) is 17.6 Å². The van der Waals surface area contributed by atoms with Crippen LogP contribution in [0, 0.1) is 0 Å². The van der Waals surface area contributed by atoms with E-state index in [1.165, 1.54) is 19.2 Å². The minimum absolute atomic E-state index is 0. The molecule has 154 valence electrons. The number of benzene rings is 1. The first-order chi connectivity index (χ1) is 13.1. The van der Waals surface area contributed by atoms with Crippen molar-refractivity contribution in [2.75, 3.05) is 7.11 Å². The molecule has 9 nitrogen and oxygen atoms in total. The van der Waals surface area contributed by atoms with Crippen molar-refractivity contribution in [1.29, 1.82) is 0 Å². The summed E-state index contributed by atoms with van der Waals surface area (Å²) in [6.45, 7) is 0. The molecule has 4 N–H and O–H groups in total. The van der Waals surface area contributed by atoms with Gasteiger partial charge < -0.3 is 26.5 Å². The van der Waals surface area contributed by atoms with Gasteiger partial charge in [-0.25, -0.2) is 0 Å². The third-order valence-corrected chi connectivity index (χ3v) is 3.17. The molecular weight excluding hydrogens is 421 g/mol. The summed E-state index contributed by atoms with van der Waals surface area (Å²) in [7, 11) is 1.39. The van der Waals surface area contributed by atoms with Crippen LogP contribution in [0.1, 0.15) is 5.56 Å². The first kappa shape index (κ1) is 25.5. The van der Waals surface area contributed by atoms with E-state index < -0.39 is 6.03 Å². The summed E-state index contributed by atoms with van der Waals surface area (Å²) in [4.78, 5) is 18.6. The van der Waals surface area contributed by atoms with Crippen LogP contribution >= 0.6 is 0 Å². The molecule has 0 fully saturated rings. The maximum atomic E-state index is 11.5. The Bertz CT molecular complexity index is 858. The number of pyridine rings is 2. The van der Waals surface area contributed by atoms with E-state index in [-0.39, 0.29) is 39.0 Å². The van der Waals surface area contributed by atoms with Gasteiger partial charge in [0.25, 0.3) is 0 Å². The Morgan fingerprint density at radius 3 is 2.10 bits per heavy atom. The summed E-state index contributed by atoms with van der Waals surface area (Å²) in [6, 6.07) is 15.4. The van der Waals surface area contributed by atoms with Gasteiger partial charge in [0.15, 0.2) is 6.03 Å². The quantitative estimate of drug-likeness (QED) is 0.372. The minimum atomic E-state index is -0.915. The number of hydrogen-bond donors (Lipinski definition) is 1. The summed E-state index contributed by atoms with van der Waals surface area (Å²) in [5.41, 5.74) is 9.88. The number of nitrogens with two attached hydrogens (primary N) is 1. The number of aromatic nitrogens is 2. The molecule has 29 heavy (non-hydrogen) atoms. The molecule has 0 aliphatic carbocycles. The molecule has 0 radical (unpaired) electrons. The van der Waals surface area contributed by atoms with Crippen LogP contribution in [0.2, 0.25) is 0 Å². The van der Waals surface area contributed by atoms with Crippen LogP contribution in [0.4, 0.5) is 4.79 Å². The number of rotatable bonds is 4. The molecule has 3 rings (SSSR count). The molecule has 0 saturated heterocycles. The third-order valence-electron chi connectivity index (χ3n) is 3.17. The molecule has 0 bridgehead atoms. The second-order valence-electron chi connectivity index (χ2n) is 4.99. The van der Waals surface area contributed by atoms with Gasteiger partial charge in [-0.3, -0.25) is 19.9 Å². The van der Waals surface area contributed by atoms with Crippen molar-refractivity contribution in [3.05, 3.63) is 78.0 Å². The molecule has 0 unspecified atom stereocenters. The number of primary amides is 1. The third kappa shape index (κ3) is 8.38. The van der Waals surface area contributed by atoms with Crippen LogP contribution in [0.3, 0.4) is 0 Å². The zero-order valence-corrected chi connectivity index (χ0v) is 16.3. The van der Waals surface area contributed by atoms with Gasteiger partial charge in [-0.2, -0.15) is 0 Å². The molecule has 2 aromatic heterocycles. The number of methoxy groups -OCH3 is 1. The van der Waals surface area contributed by atoms with Gasteiger partial charge in [0.2, 0.25) is 0 Å². The van der Waals surface area contributed by atoms with Gasteiger partial charge in [0, 0.05) is 18.6 Å². The monoisotopic (exact) mass is 439 g/mol. The van der Waals surface area contributed by atoms with Crippen molar-refractivity contribution in [1.82, 2.24) is 9.97 Å². The second-order valence-corrected chi connectivity index (χ2v) is 4.99. The maximum Gasteiger partial charge on any atom is 2.00 e. The van der Waals surface area contributed by atoms with Gasteiger partial charge in [-0.1, -0.05) is 30.0 Å². The summed E-state index contributed by atoms with van der Waals surface area (Å²) in [5.74, 6) is -0.110. The molecule has 0 aliphatic rings. The first-order valence-electron chi connectivity index (χ1n) is 7.81. The van der Waals surface area contributed by atoms with E-state index in [1.807, 2.05) is 36.4 Å². The summed E-state index contributed by atoms with van der Waals surface area (Å²) in [5, 5.41) is 14.8. The summed E-state index contributed by atoms with van der Waals surface area (Å²) < 4.78 is 4.82. The number of para-hydroxylation sites is 1. The van der Waals surface area contributed by atoms with Crippen LogP contribution in [-0.2, 0) is 16.5 Å². The Hall–Kier alpha value is -3.49. The fourth-order valence-electron chi connectivity index (χ4n) is 1.97. The van der Waals surface area contributed by atoms with Crippen LogP contribution in [0.25, 0.3) is 16.8 Å². The maximum absolute atomic E-state index is 11.5. The van der Waals surface area contributed by atoms with Crippen molar-refractivity contribution in [3.63, 3.8) is 0 Å². The molecule has 0 spiro atoms. The average Bonchev–Trinajstić information content (AvgIpc) is 2.71. The number of ether oxygens (including phenoxy) is 1. The van der Waals surface area contributed by atoms with Crippen molar-refractivity contribution in [3.8, 4) is 22.9 Å². The van der Waals surface area contributed by atoms with Crippen molar-refractivity contribution in [2.45, 2.75) is 0 Å². The number of urea groups is 1. The molecular formula is C19H19N5NiO4. The van der Waals surface area contributed by atoms with Crippen LogP contribution < -0.4 is 15.6 Å². The van der Waals surface area contributed by atoms with E-state index in [9.17, 15) is 9.90 Å². The molecule has 3 aromatic rings. The Labute approximate surface area is 177 Å². The normalized spacial score (nSPS) is 9.28. The van der Waals surface area contributed by atoms with Crippen LogP contribution in [0.15, 0.2) is 72.1 Å². The number of carbonyl (C=O) groups excluding carboxylic acids is 1. The molecule has 0 atom stereocenters. The molecule has 0 saturated carbocycles. The molecule has 10 heteroatoms. The zero-order valence-electron chi connectivity index (χ0n) is 15.3. The van der Waals surface area contributed by atoms with Gasteiger partial charge in [0.1, 0.15) is 5.75 Å². The van der Waals surface area contributed by atoms with Gasteiger partial charge >= 0.3 is 16.5 Å². The molecule has 2 amide bonds. The van der Waals surface area contributed by atoms with Crippen molar-refractivity contribution in [2.24, 2.45) is 10.8 Å². The van der Waals surface area contributed by atoms with Gasteiger partial charge in [-0.15, -0.1) is 0 Å². The fraction of sp³-hybridized carbons (Fsp3) is 0.0526. The first-order valence-corrected chi connectivity index (χ1v) is 7.81. The SMILES string of the molecule is COc1cccc(C=N[N-]C(N)=O)c1[O-].O.[Ni+2].c1ccc(-c2ccccn2)nc1. The van der Waals surface area contributed by atoms with Crippen molar-refractivity contribution < 1.29 is 36.6 Å². The minimum Gasteiger partial charge on any atom is -0.870 e. The van der Waals surface area contributed by atoms with E-state index >= 15 is 0 Å². The predicted molar refractivity (Wildman–Crippen MR) is 104 cm³/mol. The Kier molecular flexibility index (Phi) is 12.0. The topological polar surface area (TPSA) is 159 Å². The smallest absolute Gasteiger partial charge is 0.870 e. The standard InChI is InChI=1S/C10H8N2.C9H11N3O3.Ni.H2O/c1-3-7-11-9(5-1)10-6-2-4-8-12-10;1-15-7-4-2-3-6(8(7)13)5-11-12-9(10)14;;/h1-8H;2-5H,1H3,(H4,10,11,12,13,14);;1H2/q;;+2;/p-2. The number of carbonyl (C=O) groups is 1.